The van der Waals surface area contributed by atoms with Gasteiger partial charge in [0.2, 0.25) is 0 Å². The number of pyridine rings is 1. The maximum atomic E-state index is 6.24. The number of aromatic nitrogens is 1. The molecule has 0 aromatic carbocycles. The average molecular weight is 331 g/mol. The minimum absolute atomic E-state index is 0.287. The van der Waals surface area contributed by atoms with Crippen LogP contribution in [0.5, 0.6) is 0 Å². The van der Waals surface area contributed by atoms with Crippen molar-refractivity contribution < 1.29 is 0 Å². The van der Waals surface area contributed by atoms with Gasteiger partial charge in [-0.05, 0) is 51.4 Å². The molecule has 1 aromatic rings. The number of likely N-dealkylation sites (tertiary alicyclic amines) is 1. The van der Waals surface area contributed by atoms with Gasteiger partial charge in [0.05, 0.1) is 10.0 Å². The fraction of sp³-hybridized carbons (Fsp3) is 0.667. The van der Waals surface area contributed by atoms with E-state index in [0.29, 0.717) is 21.7 Å². The van der Waals surface area contributed by atoms with E-state index in [0.717, 1.165) is 26.2 Å². The quantitative estimate of drug-likeness (QED) is 0.857. The first kappa shape index (κ1) is 16.7. The summed E-state index contributed by atoms with van der Waals surface area (Å²) < 4.78 is 0. The van der Waals surface area contributed by atoms with Gasteiger partial charge in [-0.2, -0.15) is 0 Å². The van der Waals surface area contributed by atoms with Gasteiger partial charge in [-0.3, -0.25) is 0 Å². The molecule has 118 valence electrons. The summed E-state index contributed by atoms with van der Waals surface area (Å²) in [5.41, 5.74) is 0.287. The van der Waals surface area contributed by atoms with Crippen molar-refractivity contribution >= 4 is 34.8 Å². The monoisotopic (exact) mass is 330 g/mol. The van der Waals surface area contributed by atoms with Crippen molar-refractivity contribution in [1.82, 2.24) is 9.88 Å². The highest BCUT2D eigenvalue weighted by molar-refractivity contribution is 6.37. The summed E-state index contributed by atoms with van der Waals surface area (Å²) in [4.78, 5) is 6.87. The van der Waals surface area contributed by atoms with Crippen LogP contribution >= 0.6 is 23.2 Å². The number of rotatable bonds is 5. The van der Waals surface area contributed by atoms with Crippen LogP contribution in [0.4, 0.5) is 11.6 Å². The molecule has 0 radical (unpaired) electrons. The molecule has 0 atom stereocenters. The SMILES string of the molecule is CCNc1nc(NCC2(C)CCN(C)CC2)c(Cl)cc1Cl. The molecule has 2 rings (SSSR count). The molecule has 1 aromatic heterocycles. The molecule has 1 aliphatic rings. The fourth-order valence-corrected chi connectivity index (χ4v) is 3.01. The Morgan fingerprint density at radius 1 is 1.19 bits per heavy atom. The topological polar surface area (TPSA) is 40.2 Å². The van der Waals surface area contributed by atoms with Gasteiger partial charge < -0.3 is 15.5 Å². The van der Waals surface area contributed by atoms with Crippen molar-refractivity contribution in [2.75, 3.05) is 43.9 Å². The Bertz CT molecular complexity index is 485. The number of piperidine rings is 1. The van der Waals surface area contributed by atoms with Gasteiger partial charge in [0.15, 0.2) is 0 Å². The minimum atomic E-state index is 0.287. The van der Waals surface area contributed by atoms with Crippen molar-refractivity contribution in [1.29, 1.82) is 0 Å². The lowest BCUT2D eigenvalue weighted by atomic mass is 9.80. The summed E-state index contributed by atoms with van der Waals surface area (Å²) in [5, 5.41) is 7.67. The Balaban J connectivity index is 2.04. The molecule has 0 aliphatic carbocycles. The summed E-state index contributed by atoms with van der Waals surface area (Å²) in [6.07, 6.45) is 2.36. The first-order valence-corrected chi connectivity index (χ1v) is 8.21. The largest absolute Gasteiger partial charge is 0.369 e. The molecule has 1 aliphatic heterocycles. The molecule has 0 amide bonds. The van der Waals surface area contributed by atoms with E-state index in [1.54, 1.807) is 6.07 Å². The summed E-state index contributed by atoms with van der Waals surface area (Å²) in [5.74, 6) is 1.39. The number of nitrogens with one attached hydrogen (secondary N) is 2. The van der Waals surface area contributed by atoms with Gasteiger partial charge in [0.1, 0.15) is 11.6 Å². The summed E-state index contributed by atoms with van der Waals surface area (Å²) in [6, 6.07) is 1.74. The highest BCUT2D eigenvalue weighted by Crippen LogP contribution is 2.33. The summed E-state index contributed by atoms with van der Waals surface area (Å²) >= 11 is 12.4. The van der Waals surface area contributed by atoms with E-state index in [1.807, 2.05) is 6.92 Å². The maximum absolute atomic E-state index is 6.24. The molecule has 0 saturated carbocycles. The molecule has 2 heterocycles. The number of hydrogen-bond donors (Lipinski definition) is 2. The van der Waals surface area contributed by atoms with Gasteiger partial charge >= 0.3 is 0 Å². The molecule has 1 saturated heterocycles. The van der Waals surface area contributed by atoms with Crippen molar-refractivity contribution in [3.05, 3.63) is 16.1 Å². The predicted molar refractivity (Wildman–Crippen MR) is 91.7 cm³/mol. The van der Waals surface area contributed by atoms with Gasteiger partial charge in [-0.1, -0.05) is 30.1 Å². The van der Waals surface area contributed by atoms with Crippen LogP contribution in [0.15, 0.2) is 6.07 Å². The number of nitrogens with zero attached hydrogens (tertiary/aromatic N) is 2. The highest BCUT2D eigenvalue weighted by Gasteiger charge is 2.28. The fourth-order valence-electron chi connectivity index (χ4n) is 2.51. The Labute approximate surface area is 137 Å². The Kier molecular flexibility index (Phi) is 5.58. The Morgan fingerprint density at radius 2 is 1.76 bits per heavy atom. The second-order valence-electron chi connectivity index (χ2n) is 6.15. The lowest BCUT2D eigenvalue weighted by Crippen LogP contribution is -2.40. The number of halogens is 2. The Morgan fingerprint density at radius 3 is 2.33 bits per heavy atom. The van der Waals surface area contributed by atoms with Crippen LogP contribution in [-0.4, -0.2) is 43.1 Å². The van der Waals surface area contributed by atoms with E-state index >= 15 is 0 Å². The van der Waals surface area contributed by atoms with E-state index in [-0.39, 0.29) is 5.41 Å². The van der Waals surface area contributed by atoms with Gasteiger partial charge in [0, 0.05) is 13.1 Å². The van der Waals surface area contributed by atoms with Crippen LogP contribution in [-0.2, 0) is 0 Å². The van der Waals surface area contributed by atoms with Crippen LogP contribution < -0.4 is 10.6 Å². The normalized spacial score (nSPS) is 18.5. The van der Waals surface area contributed by atoms with E-state index in [4.69, 9.17) is 23.2 Å². The molecule has 6 heteroatoms. The lowest BCUT2D eigenvalue weighted by Gasteiger charge is -2.38. The van der Waals surface area contributed by atoms with Crippen LogP contribution in [0.1, 0.15) is 26.7 Å². The highest BCUT2D eigenvalue weighted by atomic mass is 35.5. The zero-order valence-corrected chi connectivity index (χ0v) is 14.5. The zero-order chi connectivity index (χ0) is 15.5. The molecule has 4 nitrogen and oxygen atoms in total. The molecule has 2 N–H and O–H groups in total. The van der Waals surface area contributed by atoms with Gasteiger partial charge in [-0.25, -0.2) is 4.98 Å². The third-order valence-electron chi connectivity index (χ3n) is 4.15. The molecule has 0 unspecified atom stereocenters. The number of hydrogen-bond acceptors (Lipinski definition) is 4. The molecule has 21 heavy (non-hydrogen) atoms. The van der Waals surface area contributed by atoms with Crippen molar-refractivity contribution in [2.24, 2.45) is 5.41 Å². The summed E-state index contributed by atoms with van der Waals surface area (Å²) in [6.45, 7) is 8.27. The summed E-state index contributed by atoms with van der Waals surface area (Å²) in [7, 11) is 2.17. The average Bonchev–Trinajstić information content (AvgIpc) is 2.44. The Hall–Kier alpha value is -0.710. The molecule has 0 spiro atoms. The molecule has 0 bridgehead atoms. The lowest BCUT2D eigenvalue weighted by molar-refractivity contribution is 0.150. The van der Waals surface area contributed by atoms with Gasteiger partial charge in [-0.15, -0.1) is 0 Å². The first-order chi connectivity index (χ1) is 9.93. The number of anilines is 2. The van der Waals surface area contributed by atoms with Crippen LogP contribution in [0, 0.1) is 5.41 Å². The zero-order valence-electron chi connectivity index (χ0n) is 13.0. The minimum Gasteiger partial charge on any atom is -0.369 e. The first-order valence-electron chi connectivity index (χ1n) is 7.46. The van der Waals surface area contributed by atoms with E-state index in [1.165, 1.54) is 12.8 Å². The van der Waals surface area contributed by atoms with E-state index in [9.17, 15) is 0 Å². The standard InChI is InChI=1S/C15H24Cl2N4/c1-4-18-13-11(16)9-12(17)14(20-13)19-10-15(2)5-7-21(3)8-6-15/h9H,4-8,10H2,1-3H3,(H2,18,19,20). The van der Waals surface area contributed by atoms with Crippen molar-refractivity contribution in [3.63, 3.8) is 0 Å². The smallest absolute Gasteiger partial charge is 0.147 e. The predicted octanol–water partition coefficient (Wildman–Crippen LogP) is 3.96. The third-order valence-corrected chi connectivity index (χ3v) is 4.73. The van der Waals surface area contributed by atoms with Gasteiger partial charge in [0.25, 0.3) is 0 Å². The van der Waals surface area contributed by atoms with E-state index < -0.39 is 0 Å². The van der Waals surface area contributed by atoms with E-state index in [2.05, 4.69) is 34.5 Å². The van der Waals surface area contributed by atoms with Crippen LogP contribution in [0.3, 0.4) is 0 Å². The second kappa shape index (κ2) is 7.03. The second-order valence-corrected chi connectivity index (χ2v) is 6.96. The maximum Gasteiger partial charge on any atom is 0.147 e. The third kappa shape index (κ3) is 4.38. The molecular weight excluding hydrogens is 307 g/mol. The van der Waals surface area contributed by atoms with Crippen molar-refractivity contribution in [2.45, 2.75) is 26.7 Å². The van der Waals surface area contributed by atoms with Crippen LogP contribution in [0.25, 0.3) is 0 Å². The molecule has 1 fully saturated rings. The van der Waals surface area contributed by atoms with Crippen molar-refractivity contribution in [3.8, 4) is 0 Å². The van der Waals surface area contributed by atoms with Crippen LogP contribution in [0.2, 0.25) is 10.0 Å². The molecular formula is C15H24Cl2N4.